The second-order valence-electron chi connectivity index (χ2n) is 8.41. The molecule has 0 aliphatic carbocycles. The number of benzene rings is 1. The number of anilines is 1. The molecule has 166 valence electrons. The zero-order valence-corrected chi connectivity index (χ0v) is 17.7. The number of nitrogens with zero attached hydrogens (tertiary/aromatic N) is 2. The molecule has 1 saturated heterocycles. The van der Waals surface area contributed by atoms with Crippen LogP contribution >= 0.6 is 0 Å². The minimum atomic E-state index is -0.833. The molecule has 4 amide bonds. The lowest BCUT2D eigenvalue weighted by molar-refractivity contribution is -0.197. The lowest BCUT2D eigenvalue weighted by atomic mass is 10.1. The number of hydroxylamine groups is 2. The SMILES string of the molecule is CC(C)(C)OC(=O)N1Cc2ccc(NC(=O)CCC(=O)ON3C(=O)CCC3=O)cc2C1. The van der Waals surface area contributed by atoms with Gasteiger partial charge in [0.15, 0.2) is 0 Å². The first-order valence-electron chi connectivity index (χ1n) is 9.98. The van der Waals surface area contributed by atoms with E-state index in [-0.39, 0.29) is 25.7 Å². The average Bonchev–Trinajstić information content (AvgIpc) is 3.23. The maximum absolute atomic E-state index is 12.3. The van der Waals surface area contributed by atoms with Crippen molar-refractivity contribution in [2.75, 3.05) is 5.32 Å². The van der Waals surface area contributed by atoms with E-state index < -0.39 is 35.4 Å². The Morgan fingerprint density at radius 3 is 2.29 bits per heavy atom. The van der Waals surface area contributed by atoms with Gasteiger partial charge in [0, 0.05) is 38.0 Å². The number of carbonyl (C=O) groups excluding carboxylic acids is 5. The number of carbonyl (C=O) groups is 5. The number of fused-ring (bicyclic) bond motifs is 1. The molecule has 2 heterocycles. The molecule has 3 rings (SSSR count). The predicted molar refractivity (Wildman–Crippen MR) is 107 cm³/mol. The Labute approximate surface area is 179 Å². The van der Waals surface area contributed by atoms with Gasteiger partial charge in [-0.25, -0.2) is 9.59 Å². The van der Waals surface area contributed by atoms with E-state index in [4.69, 9.17) is 9.57 Å². The number of imide groups is 1. The highest BCUT2D eigenvalue weighted by Crippen LogP contribution is 2.27. The van der Waals surface area contributed by atoms with Crippen molar-refractivity contribution < 1.29 is 33.5 Å². The molecule has 10 nitrogen and oxygen atoms in total. The van der Waals surface area contributed by atoms with Gasteiger partial charge in [0.05, 0.1) is 6.42 Å². The highest BCUT2D eigenvalue weighted by atomic mass is 16.7. The van der Waals surface area contributed by atoms with Crippen molar-refractivity contribution in [3.8, 4) is 0 Å². The molecule has 2 aliphatic rings. The summed E-state index contributed by atoms with van der Waals surface area (Å²) in [5, 5.41) is 3.15. The predicted octanol–water partition coefficient (Wildman–Crippen LogP) is 2.26. The molecule has 0 atom stereocenters. The lowest BCUT2D eigenvalue weighted by Crippen LogP contribution is -2.33. The number of hydrogen-bond donors (Lipinski definition) is 1. The molecule has 1 aromatic carbocycles. The largest absolute Gasteiger partial charge is 0.444 e. The van der Waals surface area contributed by atoms with Gasteiger partial charge in [0.2, 0.25) is 5.91 Å². The molecule has 0 bridgehead atoms. The average molecular weight is 431 g/mol. The molecule has 0 unspecified atom stereocenters. The number of amides is 4. The van der Waals surface area contributed by atoms with Crippen molar-refractivity contribution >= 4 is 35.5 Å². The van der Waals surface area contributed by atoms with Crippen molar-refractivity contribution in [1.29, 1.82) is 0 Å². The van der Waals surface area contributed by atoms with Crippen LogP contribution in [0.5, 0.6) is 0 Å². The fraction of sp³-hybridized carbons (Fsp3) is 0.476. The van der Waals surface area contributed by atoms with E-state index in [9.17, 15) is 24.0 Å². The van der Waals surface area contributed by atoms with Crippen LogP contribution in [0.25, 0.3) is 0 Å². The minimum Gasteiger partial charge on any atom is -0.444 e. The highest BCUT2D eigenvalue weighted by molar-refractivity contribution is 6.01. The summed E-state index contributed by atoms with van der Waals surface area (Å²) < 4.78 is 5.39. The van der Waals surface area contributed by atoms with Crippen LogP contribution in [0.1, 0.15) is 57.6 Å². The second kappa shape index (κ2) is 8.75. The van der Waals surface area contributed by atoms with Gasteiger partial charge in [0.1, 0.15) is 5.60 Å². The van der Waals surface area contributed by atoms with Gasteiger partial charge < -0.3 is 14.9 Å². The third-order valence-electron chi connectivity index (χ3n) is 4.62. The van der Waals surface area contributed by atoms with Crippen LogP contribution in [-0.2, 0) is 41.8 Å². The standard InChI is InChI=1S/C21H25N3O7/c1-21(2,3)30-20(29)23-11-13-4-5-15(10-14(13)12-23)22-16(25)6-9-19(28)31-24-17(26)7-8-18(24)27/h4-5,10H,6-9,11-12H2,1-3H3,(H,22,25). The molecule has 0 saturated carbocycles. The first-order valence-corrected chi connectivity index (χ1v) is 9.98. The monoisotopic (exact) mass is 431 g/mol. The molecule has 0 radical (unpaired) electrons. The zero-order chi connectivity index (χ0) is 22.8. The molecular formula is C21H25N3O7. The number of hydrogen-bond acceptors (Lipinski definition) is 7. The van der Waals surface area contributed by atoms with E-state index >= 15 is 0 Å². The van der Waals surface area contributed by atoms with Crippen molar-refractivity contribution in [3.63, 3.8) is 0 Å². The van der Waals surface area contributed by atoms with Crippen LogP contribution < -0.4 is 5.32 Å². The Bertz CT molecular complexity index is 919. The smallest absolute Gasteiger partial charge is 0.410 e. The molecule has 10 heteroatoms. The fourth-order valence-corrected chi connectivity index (χ4v) is 3.17. The van der Waals surface area contributed by atoms with Gasteiger partial charge in [-0.3, -0.25) is 19.3 Å². The number of nitrogens with one attached hydrogen (secondary N) is 1. The molecule has 1 N–H and O–H groups in total. The fourth-order valence-electron chi connectivity index (χ4n) is 3.17. The quantitative estimate of drug-likeness (QED) is 0.710. The van der Waals surface area contributed by atoms with Crippen LogP contribution in [0.2, 0.25) is 0 Å². The number of rotatable bonds is 5. The summed E-state index contributed by atoms with van der Waals surface area (Å²) in [7, 11) is 0. The van der Waals surface area contributed by atoms with E-state index in [2.05, 4.69) is 5.32 Å². The molecule has 31 heavy (non-hydrogen) atoms. The van der Waals surface area contributed by atoms with Gasteiger partial charge in [-0.15, -0.1) is 5.06 Å². The van der Waals surface area contributed by atoms with Crippen LogP contribution in [0.15, 0.2) is 18.2 Å². The van der Waals surface area contributed by atoms with Crippen LogP contribution in [0.4, 0.5) is 10.5 Å². The molecular weight excluding hydrogens is 406 g/mol. The Hall–Kier alpha value is -3.43. The van der Waals surface area contributed by atoms with Gasteiger partial charge in [-0.2, -0.15) is 0 Å². The van der Waals surface area contributed by atoms with Crippen LogP contribution in [-0.4, -0.2) is 45.3 Å². The van der Waals surface area contributed by atoms with Crippen molar-refractivity contribution in [3.05, 3.63) is 29.3 Å². The normalized spacial score (nSPS) is 15.7. The Balaban J connectivity index is 1.48. The van der Waals surface area contributed by atoms with Gasteiger partial charge >= 0.3 is 12.1 Å². The summed E-state index contributed by atoms with van der Waals surface area (Å²) in [5.41, 5.74) is 1.82. The summed E-state index contributed by atoms with van der Waals surface area (Å²) in [6.45, 7) is 6.21. The van der Waals surface area contributed by atoms with E-state index in [0.29, 0.717) is 23.8 Å². The van der Waals surface area contributed by atoms with Crippen molar-refractivity contribution in [2.45, 2.75) is 65.1 Å². The maximum Gasteiger partial charge on any atom is 0.410 e. The zero-order valence-electron chi connectivity index (χ0n) is 17.7. The van der Waals surface area contributed by atoms with Crippen molar-refractivity contribution in [1.82, 2.24) is 9.96 Å². The molecule has 2 aliphatic heterocycles. The van der Waals surface area contributed by atoms with E-state index in [1.54, 1.807) is 37.8 Å². The van der Waals surface area contributed by atoms with E-state index in [0.717, 1.165) is 11.1 Å². The molecule has 0 aromatic heterocycles. The maximum atomic E-state index is 12.3. The summed E-state index contributed by atoms with van der Waals surface area (Å²) >= 11 is 0. The summed E-state index contributed by atoms with van der Waals surface area (Å²) in [5.74, 6) is -2.39. The third kappa shape index (κ3) is 5.80. The van der Waals surface area contributed by atoms with E-state index in [1.807, 2.05) is 6.07 Å². The molecule has 0 spiro atoms. The number of ether oxygens (including phenoxy) is 1. The van der Waals surface area contributed by atoms with Crippen LogP contribution in [0, 0.1) is 0 Å². The van der Waals surface area contributed by atoms with Gasteiger partial charge in [0.25, 0.3) is 11.8 Å². The first kappa shape index (κ1) is 22.3. The van der Waals surface area contributed by atoms with Crippen LogP contribution in [0.3, 0.4) is 0 Å². The Kier molecular flexibility index (Phi) is 6.28. The van der Waals surface area contributed by atoms with Gasteiger partial charge in [-0.1, -0.05) is 6.07 Å². The minimum absolute atomic E-state index is 0.0102. The lowest BCUT2D eigenvalue weighted by Gasteiger charge is -2.24. The van der Waals surface area contributed by atoms with Gasteiger partial charge in [-0.05, 0) is 44.0 Å². The third-order valence-corrected chi connectivity index (χ3v) is 4.62. The first-order chi connectivity index (χ1) is 14.5. The molecule has 1 fully saturated rings. The topological polar surface area (TPSA) is 122 Å². The summed E-state index contributed by atoms with van der Waals surface area (Å²) in [4.78, 5) is 65.4. The second-order valence-corrected chi connectivity index (χ2v) is 8.41. The van der Waals surface area contributed by atoms with E-state index in [1.165, 1.54) is 0 Å². The summed E-state index contributed by atoms with van der Waals surface area (Å²) in [6, 6.07) is 5.32. The molecule has 1 aromatic rings. The van der Waals surface area contributed by atoms with Crippen molar-refractivity contribution in [2.24, 2.45) is 0 Å². The Morgan fingerprint density at radius 1 is 1.00 bits per heavy atom. The summed E-state index contributed by atoms with van der Waals surface area (Å²) in [6.07, 6.45) is -0.828. The highest BCUT2D eigenvalue weighted by Gasteiger charge is 2.33. The Morgan fingerprint density at radius 2 is 1.65 bits per heavy atom.